The molecule has 0 aliphatic carbocycles. The second-order valence-electron chi connectivity index (χ2n) is 8.00. The maximum Gasteiger partial charge on any atom is 0.414 e. The van der Waals surface area contributed by atoms with Crippen molar-refractivity contribution >= 4 is 11.9 Å². The average Bonchev–Trinajstić information content (AvgIpc) is 2.86. The van der Waals surface area contributed by atoms with Crippen LogP contribution in [-0.4, -0.2) is 85.6 Å². The molecule has 0 bridgehead atoms. The van der Waals surface area contributed by atoms with Gasteiger partial charge in [-0.05, 0) is 49.2 Å². The normalized spacial score (nSPS) is 13.8. The zero-order valence-electron chi connectivity index (χ0n) is 21.4. The molecule has 0 unspecified atom stereocenters. The minimum absolute atomic E-state index is 0.634. The van der Waals surface area contributed by atoms with Crippen molar-refractivity contribution in [3.8, 4) is 23.0 Å². The molecule has 10 nitrogen and oxygen atoms in total. The number of ether oxygens (including phenoxy) is 4. The largest absolute Gasteiger partial charge is 0.493 e. The van der Waals surface area contributed by atoms with Crippen LogP contribution in [0.1, 0.15) is 25.0 Å². The van der Waals surface area contributed by atoms with Gasteiger partial charge in [-0.15, -0.1) is 0 Å². The molecule has 1 fully saturated rings. The maximum absolute atomic E-state index is 9.10. The molecule has 0 radical (unpaired) electrons. The van der Waals surface area contributed by atoms with Crippen LogP contribution in [0.3, 0.4) is 0 Å². The lowest BCUT2D eigenvalue weighted by Crippen LogP contribution is -2.45. The van der Waals surface area contributed by atoms with Crippen LogP contribution in [-0.2, 0) is 22.7 Å². The van der Waals surface area contributed by atoms with Crippen molar-refractivity contribution in [2.75, 3.05) is 53.6 Å². The smallest absolute Gasteiger partial charge is 0.414 e. The van der Waals surface area contributed by atoms with E-state index in [1.807, 2.05) is 26.0 Å². The molecule has 1 aliphatic heterocycles. The Bertz CT molecular complexity index is 910. The average molecular weight is 505 g/mol. The fourth-order valence-corrected chi connectivity index (χ4v) is 3.80. The first-order valence-electron chi connectivity index (χ1n) is 11.8. The summed E-state index contributed by atoms with van der Waals surface area (Å²) in [5.74, 6) is -0.431. The summed E-state index contributed by atoms with van der Waals surface area (Å²) in [5.41, 5.74) is 2.51. The zero-order chi connectivity index (χ0) is 26.5. The maximum atomic E-state index is 9.10. The van der Waals surface area contributed by atoms with Gasteiger partial charge in [-0.2, -0.15) is 0 Å². The van der Waals surface area contributed by atoms with Crippen LogP contribution in [0.4, 0.5) is 0 Å². The van der Waals surface area contributed by atoms with E-state index in [4.69, 9.17) is 38.7 Å². The molecule has 36 heavy (non-hydrogen) atoms. The van der Waals surface area contributed by atoms with E-state index < -0.39 is 11.9 Å². The van der Waals surface area contributed by atoms with Gasteiger partial charge in [0.05, 0.1) is 27.4 Å². The van der Waals surface area contributed by atoms with Gasteiger partial charge < -0.3 is 29.2 Å². The topological polar surface area (TPSA) is 118 Å². The summed E-state index contributed by atoms with van der Waals surface area (Å²) in [6.45, 7) is 11.3. The number of hydrogen-bond acceptors (Lipinski definition) is 8. The number of nitrogens with zero attached hydrogens (tertiary/aromatic N) is 2. The van der Waals surface area contributed by atoms with Crippen molar-refractivity contribution in [2.24, 2.45) is 0 Å². The van der Waals surface area contributed by atoms with Crippen LogP contribution < -0.4 is 18.9 Å². The number of hydrogen-bond donors (Lipinski definition) is 2. The van der Waals surface area contributed by atoms with Gasteiger partial charge in [0.2, 0.25) is 0 Å². The van der Waals surface area contributed by atoms with Crippen molar-refractivity contribution in [3.63, 3.8) is 0 Å². The number of aliphatic carboxylic acids is 2. The van der Waals surface area contributed by atoms with Crippen LogP contribution in [0.15, 0.2) is 36.4 Å². The van der Waals surface area contributed by atoms with Crippen molar-refractivity contribution in [1.82, 2.24) is 9.80 Å². The predicted molar refractivity (Wildman–Crippen MR) is 134 cm³/mol. The molecule has 0 aromatic heterocycles. The minimum Gasteiger partial charge on any atom is -0.493 e. The van der Waals surface area contributed by atoms with Crippen molar-refractivity contribution < 1.29 is 38.7 Å². The van der Waals surface area contributed by atoms with Crippen LogP contribution >= 0.6 is 0 Å². The summed E-state index contributed by atoms with van der Waals surface area (Å²) in [5, 5.41) is 14.8. The standard InChI is InChI=1S/C24H34N2O4.C2H2O4/c1-5-29-23-15-19(7-9-21(23)27-3)17-25-11-13-26(14-12-25)18-20-8-10-22(28-4)24(16-20)30-6-2;3-1(4)2(5)6/h7-10,15-16H,5-6,11-14,17-18H2,1-4H3;(H,3,4)(H,5,6). The van der Waals surface area contributed by atoms with Gasteiger partial charge in [-0.1, -0.05) is 12.1 Å². The fraction of sp³-hybridized carbons (Fsp3) is 0.462. The van der Waals surface area contributed by atoms with E-state index in [2.05, 4.69) is 34.1 Å². The third-order valence-electron chi connectivity index (χ3n) is 5.52. The van der Waals surface area contributed by atoms with Gasteiger partial charge in [-0.25, -0.2) is 9.59 Å². The third-order valence-corrected chi connectivity index (χ3v) is 5.52. The Morgan fingerprint density at radius 2 is 1.06 bits per heavy atom. The lowest BCUT2D eigenvalue weighted by Gasteiger charge is -2.35. The zero-order valence-corrected chi connectivity index (χ0v) is 21.4. The molecule has 1 heterocycles. The molecule has 0 saturated carbocycles. The summed E-state index contributed by atoms with van der Waals surface area (Å²) in [7, 11) is 3.35. The Morgan fingerprint density at radius 3 is 1.33 bits per heavy atom. The first-order chi connectivity index (χ1) is 17.3. The van der Waals surface area contributed by atoms with Crippen LogP contribution in [0.5, 0.6) is 23.0 Å². The predicted octanol–water partition coefficient (Wildman–Crippen LogP) is 2.97. The Hall–Kier alpha value is -3.50. The lowest BCUT2D eigenvalue weighted by molar-refractivity contribution is -0.159. The number of methoxy groups -OCH3 is 2. The molecule has 2 aromatic rings. The Labute approximate surface area is 211 Å². The molecular weight excluding hydrogens is 468 g/mol. The highest BCUT2D eigenvalue weighted by Gasteiger charge is 2.18. The number of carboxylic acids is 2. The second-order valence-corrected chi connectivity index (χ2v) is 8.00. The van der Waals surface area contributed by atoms with E-state index in [1.165, 1.54) is 11.1 Å². The molecule has 1 aliphatic rings. The molecule has 198 valence electrons. The number of carboxylic acid groups (broad SMARTS) is 2. The highest BCUT2D eigenvalue weighted by molar-refractivity contribution is 6.27. The van der Waals surface area contributed by atoms with E-state index in [1.54, 1.807) is 14.2 Å². The highest BCUT2D eigenvalue weighted by Crippen LogP contribution is 2.30. The van der Waals surface area contributed by atoms with Crippen LogP contribution in [0.2, 0.25) is 0 Å². The highest BCUT2D eigenvalue weighted by atomic mass is 16.5. The van der Waals surface area contributed by atoms with Crippen molar-refractivity contribution in [3.05, 3.63) is 47.5 Å². The first kappa shape index (κ1) is 28.7. The quantitative estimate of drug-likeness (QED) is 0.468. The van der Waals surface area contributed by atoms with Gasteiger partial charge >= 0.3 is 11.9 Å². The SMILES string of the molecule is CCOc1cc(CN2CCN(Cc3ccc(OC)c(OCC)c3)CC2)ccc1OC.O=C(O)C(=O)O. The van der Waals surface area contributed by atoms with E-state index >= 15 is 0 Å². The minimum atomic E-state index is -1.82. The van der Waals surface area contributed by atoms with Gasteiger partial charge in [0, 0.05) is 39.3 Å². The number of benzene rings is 2. The Morgan fingerprint density at radius 1 is 0.694 bits per heavy atom. The Kier molecular flexibility index (Phi) is 11.8. The first-order valence-corrected chi connectivity index (χ1v) is 11.8. The molecule has 2 aromatic carbocycles. The van der Waals surface area contributed by atoms with Crippen molar-refractivity contribution in [2.45, 2.75) is 26.9 Å². The second kappa shape index (κ2) is 14.8. The summed E-state index contributed by atoms with van der Waals surface area (Å²) in [6.07, 6.45) is 0. The fourth-order valence-electron chi connectivity index (χ4n) is 3.80. The lowest BCUT2D eigenvalue weighted by atomic mass is 10.1. The summed E-state index contributed by atoms with van der Waals surface area (Å²) >= 11 is 0. The summed E-state index contributed by atoms with van der Waals surface area (Å²) in [4.78, 5) is 23.2. The van der Waals surface area contributed by atoms with Crippen LogP contribution in [0.25, 0.3) is 0 Å². The number of piperazine rings is 1. The third kappa shape index (κ3) is 8.94. The molecule has 1 saturated heterocycles. The molecular formula is C26H36N2O8. The Balaban J connectivity index is 0.000000678. The molecule has 10 heteroatoms. The molecule has 2 N–H and O–H groups in total. The van der Waals surface area contributed by atoms with Gasteiger partial charge in [-0.3, -0.25) is 9.80 Å². The van der Waals surface area contributed by atoms with Crippen molar-refractivity contribution in [1.29, 1.82) is 0 Å². The summed E-state index contributed by atoms with van der Waals surface area (Å²) in [6, 6.07) is 12.4. The van der Waals surface area contributed by atoms with E-state index in [9.17, 15) is 0 Å². The molecule has 0 atom stereocenters. The summed E-state index contributed by atoms with van der Waals surface area (Å²) < 4.78 is 22.2. The number of carbonyl (C=O) groups is 2. The van der Waals surface area contributed by atoms with Gasteiger partial charge in [0.25, 0.3) is 0 Å². The van der Waals surface area contributed by atoms with E-state index in [-0.39, 0.29) is 0 Å². The molecule has 0 spiro atoms. The molecule has 3 rings (SSSR count). The molecule has 0 amide bonds. The van der Waals surface area contributed by atoms with Crippen LogP contribution in [0, 0.1) is 0 Å². The van der Waals surface area contributed by atoms with E-state index in [0.29, 0.717) is 13.2 Å². The monoisotopic (exact) mass is 504 g/mol. The number of rotatable bonds is 10. The van der Waals surface area contributed by atoms with Gasteiger partial charge in [0.15, 0.2) is 23.0 Å². The van der Waals surface area contributed by atoms with Gasteiger partial charge in [0.1, 0.15) is 0 Å². The van der Waals surface area contributed by atoms with E-state index in [0.717, 1.165) is 62.3 Å².